The highest BCUT2D eigenvalue weighted by molar-refractivity contribution is 6.01. The van der Waals surface area contributed by atoms with Gasteiger partial charge in [0, 0.05) is 18.8 Å². The summed E-state index contributed by atoms with van der Waals surface area (Å²) in [5.41, 5.74) is 0.447. The van der Waals surface area contributed by atoms with Gasteiger partial charge in [0.2, 0.25) is 0 Å². The summed E-state index contributed by atoms with van der Waals surface area (Å²) in [6, 6.07) is 10.1. The number of benzene rings is 1. The quantitative estimate of drug-likeness (QED) is 0.835. The summed E-state index contributed by atoms with van der Waals surface area (Å²) in [7, 11) is 0. The SMILES string of the molecule is CC(C)CCN1CCCCN(c2ccccc2)C(=O)C2(CC2)OCC1. The molecule has 0 aromatic heterocycles. The van der Waals surface area contributed by atoms with Crippen LogP contribution in [0.4, 0.5) is 5.69 Å². The summed E-state index contributed by atoms with van der Waals surface area (Å²) in [4.78, 5) is 17.6. The Labute approximate surface area is 152 Å². The maximum absolute atomic E-state index is 13.1. The number of amides is 1. The first kappa shape index (κ1) is 18.4. The van der Waals surface area contributed by atoms with Crippen molar-refractivity contribution in [2.24, 2.45) is 5.92 Å². The predicted molar refractivity (Wildman–Crippen MR) is 102 cm³/mol. The van der Waals surface area contributed by atoms with E-state index in [2.05, 4.69) is 18.7 Å². The van der Waals surface area contributed by atoms with Crippen LogP contribution in [0.5, 0.6) is 0 Å². The highest BCUT2D eigenvalue weighted by Gasteiger charge is 2.53. The van der Waals surface area contributed by atoms with Gasteiger partial charge < -0.3 is 14.5 Å². The molecule has 2 fully saturated rings. The number of para-hydroxylation sites is 1. The Balaban J connectivity index is 1.69. The Hall–Kier alpha value is -1.39. The minimum absolute atomic E-state index is 0.161. The Bertz CT molecular complexity index is 554. The lowest BCUT2D eigenvalue weighted by Gasteiger charge is -2.27. The van der Waals surface area contributed by atoms with E-state index in [-0.39, 0.29) is 5.91 Å². The van der Waals surface area contributed by atoms with Crippen LogP contribution in [0.3, 0.4) is 0 Å². The number of anilines is 1. The van der Waals surface area contributed by atoms with Gasteiger partial charge in [-0.2, -0.15) is 0 Å². The van der Waals surface area contributed by atoms with Crippen molar-refractivity contribution in [2.45, 2.75) is 51.6 Å². The van der Waals surface area contributed by atoms with Gasteiger partial charge in [0.25, 0.3) is 5.91 Å². The largest absolute Gasteiger partial charge is 0.364 e. The van der Waals surface area contributed by atoms with E-state index in [1.807, 2.05) is 35.2 Å². The van der Waals surface area contributed by atoms with Gasteiger partial charge in [-0.05, 0) is 63.2 Å². The molecule has 1 saturated heterocycles. The predicted octanol–water partition coefficient (Wildman–Crippen LogP) is 3.71. The number of ether oxygens (including phenoxy) is 1. The highest BCUT2D eigenvalue weighted by Crippen LogP contribution is 2.42. The van der Waals surface area contributed by atoms with Crippen LogP contribution < -0.4 is 4.90 Å². The van der Waals surface area contributed by atoms with Crippen molar-refractivity contribution in [3.63, 3.8) is 0 Å². The third kappa shape index (κ3) is 4.83. The smallest absolute Gasteiger partial charge is 0.259 e. The van der Waals surface area contributed by atoms with Crippen LogP contribution in [-0.2, 0) is 9.53 Å². The van der Waals surface area contributed by atoms with Crippen LogP contribution in [0.1, 0.15) is 46.0 Å². The Kier molecular flexibility index (Phi) is 6.13. The fourth-order valence-corrected chi connectivity index (χ4v) is 3.49. The Morgan fingerprint density at radius 3 is 2.48 bits per heavy atom. The minimum Gasteiger partial charge on any atom is -0.364 e. The monoisotopic (exact) mass is 344 g/mol. The van der Waals surface area contributed by atoms with Crippen molar-refractivity contribution in [3.8, 4) is 0 Å². The van der Waals surface area contributed by atoms with E-state index in [1.54, 1.807) is 0 Å². The summed E-state index contributed by atoms with van der Waals surface area (Å²) in [6.07, 6.45) is 5.11. The number of hydrogen-bond acceptors (Lipinski definition) is 3. The second-order valence-corrected chi connectivity index (χ2v) is 7.87. The highest BCUT2D eigenvalue weighted by atomic mass is 16.5. The first-order valence-electron chi connectivity index (χ1n) is 9.84. The molecule has 0 radical (unpaired) electrons. The minimum atomic E-state index is -0.552. The van der Waals surface area contributed by atoms with E-state index < -0.39 is 5.60 Å². The molecule has 138 valence electrons. The molecule has 4 heteroatoms. The second kappa shape index (κ2) is 8.33. The van der Waals surface area contributed by atoms with Crippen molar-refractivity contribution >= 4 is 11.6 Å². The van der Waals surface area contributed by atoms with Gasteiger partial charge in [-0.3, -0.25) is 4.79 Å². The molecule has 1 aliphatic carbocycles. The fourth-order valence-electron chi connectivity index (χ4n) is 3.49. The first-order chi connectivity index (χ1) is 12.1. The third-order valence-corrected chi connectivity index (χ3v) is 5.32. The van der Waals surface area contributed by atoms with Crippen molar-refractivity contribution in [1.29, 1.82) is 0 Å². The molecule has 0 bridgehead atoms. The standard InChI is InChI=1S/C21H32N2O2/c1-18(2)10-15-22-13-6-7-14-23(19-8-4-3-5-9-19)20(24)21(11-12-21)25-17-16-22/h3-5,8-9,18H,6-7,10-17H2,1-2H3. The molecule has 0 N–H and O–H groups in total. The molecule has 3 rings (SSSR count). The van der Waals surface area contributed by atoms with Crippen LogP contribution in [0.2, 0.25) is 0 Å². The molecule has 0 atom stereocenters. The molecule has 1 saturated carbocycles. The van der Waals surface area contributed by atoms with Gasteiger partial charge in [0.15, 0.2) is 0 Å². The maximum Gasteiger partial charge on any atom is 0.259 e. The van der Waals surface area contributed by atoms with Crippen molar-refractivity contribution < 1.29 is 9.53 Å². The number of carbonyl (C=O) groups excluding carboxylic acids is 1. The zero-order valence-corrected chi connectivity index (χ0v) is 15.7. The van der Waals surface area contributed by atoms with Gasteiger partial charge in [-0.15, -0.1) is 0 Å². The summed E-state index contributed by atoms with van der Waals surface area (Å²) >= 11 is 0. The summed E-state index contributed by atoms with van der Waals surface area (Å²) in [5, 5.41) is 0. The van der Waals surface area contributed by atoms with E-state index >= 15 is 0 Å². The number of hydrogen-bond donors (Lipinski definition) is 0. The zero-order valence-electron chi connectivity index (χ0n) is 15.7. The molecule has 1 spiro atoms. The zero-order chi connectivity index (χ0) is 17.7. The van der Waals surface area contributed by atoms with E-state index in [1.165, 1.54) is 6.42 Å². The van der Waals surface area contributed by atoms with Crippen LogP contribution >= 0.6 is 0 Å². The first-order valence-corrected chi connectivity index (χ1v) is 9.84. The molecular formula is C21H32N2O2. The van der Waals surface area contributed by atoms with Crippen LogP contribution in [0.25, 0.3) is 0 Å². The molecule has 1 aromatic carbocycles. The van der Waals surface area contributed by atoms with Crippen molar-refractivity contribution in [1.82, 2.24) is 4.90 Å². The number of carbonyl (C=O) groups is 1. The molecule has 1 heterocycles. The molecular weight excluding hydrogens is 312 g/mol. The molecule has 4 nitrogen and oxygen atoms in total. The van der Waals surface area contributed by atoms with Gasteiger partial charge in [-0.25, -0.2) is 0 Å². The van der Waals surface area contributed by atoms with E-state index in [4.69, 9.17) is 4.74 Å². The van der Waals surface area contributed by atoms with Crippen LogP contribution in [0, 0.1) is 5.92 Å². The lowest BCUT2D eigenvalue weighted by Crippen LogP contribution is -2.43. The lowest BCUT2D eigenvalue weighted by atomic mass is 10.1. The van der Waals surface area contributed by atoms with Gasteiger partial charge in [0.05, 0.1) is 6.61 Å². The topological polar surface area (TPSA) is 32.8 Å². The van der Waals surface area contributed by atoms with E-state index in [0.717, 1.165) is 63.5 Å². The van der Waals surface area contributed by atoms with E-state index in [9.17, 15) is 4.79 Å². The number of nitrogens with zero attached hydrogens (tertiary/aromatic N) is 2. The fraction of sp³-hybridized carbons (Fsp3) is 0.667. The molecule has 1 aromatic rings. The lowest BCUT2D eigenvalue weighted by molar-refractivity contribution is -0.133. The molecule has 0 unspecified atom stereocenters. The third-order valence-electron chi connectivity index (χ3n) is 5.32. The molecule has 1 amide bonds. The van der Waals surface area contributed by atoms with Crippen LogP contribution in [-0.4, -0.2) is 49.2 Å². The summed E-state index contributed by atoms with van der Waals surface area (Å²) in [5.74, 6) is 0.887. The Morgan fingerprint density at radius 1 is 1.08 bits per heavy atom. The molecule has 25 heavy (non-hydrogen) atoms. The number of rotatable bonds is 4. The normalized spacial score (nSPS) is 22.2. The summed E-state index contributed by atoms with van der Waals surface area (Å²) < 4.78 is 6.14. The summed E-state index contributed by atoms with van der Waals surface area (Å²) in [6.45, 7) is 9.16. The van der Waals surface area contributed by atoms with Gasteiger partial charge in [0.1, 0.15) is 5.60 Å². The average Bonchev–Trinajstić information content (AvgIpc) is 3.40. The van der Waals surface area contributed by atoms with Gasteiger partial charge in [-0.1, -0.05) is 32.0 Å². The molecule has 2 aliphatic rings. The average molecular weight is 344 g/mol. The second-order valence-electron chi connectivity index (χ2n) is 7.87. The maximum atomic E-state index is 13.1. The van der Waals surface area contributed by atoms with Crippen molar-refractivity contribution in [3.05, 3.63) is 30.3 Å². The molecule has 1 aliphatic heterocycles. The van der Waals surface area contributed by atoms with Gasteiger partial charge >= 0.3 is 0 Å². The van der Waals surface area contributed by atoms with Crippen molar-refractivity contribution in [2.75, 3.05) is 37.7 Å². The Morgan fingerprint density at radius 2 is 1.80 bits per heavy atom. The van der Waals surface area contributed by atoms with E-state index in [0.29, 0.717) is 6.61 Å². The van der Waals surface area contributed by atoms with Crippen LogP contribution in [0.15, 0.2) is 30.3 Å².